The zero-order chi connectivity index (χ0) is 10.8. The van der Waals surface area contributed by atoms with Gasteiger partial charge in [0.25, 0.3) is 5.92 Å². The highest BCUT2D eigenvalue weighted by atomic mass is 35.5. The lowest BCUT2D eigenvalue weighted by atomic mass is 10.1. The Morgan fingerprint density at radius 3 is 2.71 bits per heavy atom. The summed E-state index contributed by atoms with van der Waals surface area (Å²) >= 11 is 5.43. The first kappa shape index (κ1) is 11.3. The van der Waals surface area contributed by atoms with Gasteiger partial charge in [-0.3, -0.25) is 0 Å². The van der Waals surface area contributed by atoms with Crippen LogP contribution in [0.2, 0.25) is 5.02 Å². The van der Waals surface area contributed by atoms with E-state index in [4.69, 9.17) is 17.3 Å². The molecule has 0 saturated carbocycles. The standard InChI is InChI=1S/C8H8ClF3N2/c9-5-3-6(7(10)14-4-5)8(11,12)1-2-13/h3-4H,1-2,13H2. The molecule has 0 amide bonds. The Morgan fingerprint density at radius 2 is 2.14 bits per heavy atom. The predicted molar refractivity (Wildman–Crippen MR) is 46.8 cm³/mol. The molecule has 1 heterocycles. The molecule has 0 aliphatic carbocycles. The lowest BCUT2D eigenvalue weighted by Gasteiger charge is -2.15. The summed E-state index contributed by atoms with van der Waals surface area (Å²) in [4.78, 5) is 3.11. The Hall–Kier alpha value is -0.810. The maximum atomic E-state index is 13.2. The molecule has 14 heavy (non-hydrogen) atoms. The first-order valence-electron chi connectivity index (χ1n) is 3.87. The monoisotopic (exact) mass is 224 g/mol. The van der Waals surface area contributed by atoms with Crippen molar-refractivity contribution in [2.45, 2.75) is 12.3 Å². The van der Waals surface area contributed by atoms with Crippen molar-refractivity contribution in [3.05, 3.63) is 28.8 Å². The molecule has 0 saturated heterocycles. The van der Waals surface area contributed by atoms with Crippen molar-refractivity contribution in [2.75, 3.05) is 6.54 Å². The molecule has 0 aliphatic rings. The highest BCUT2D eigenvalue weighted by Crippen LogP contribution is 2.33. The average Bonchev–Trinajstić information content (AvgIpc) is 2.09. The molecule has 2 nitrogen and oxygen atoms in total. The maximum absolute atomic E-state index is 13.2. The third-order valence-corrected chi connectivity index (χ3v) is 1.86. The van der Waals surface area contributed by atoms with Crippen LogP contribution in [0.25, 0.3) is 0 Å². The van der Waals surface area contributed by atoms with Gasteiger partial charge >= 0.3 is 0 Å². The van der Waals surface area contributed by atoms with Gasteiger partial charge in [-0.15, -0.1) is 0 Å². The molecule has 0 bridgehead atoms. The molecule has 0 spiro atoms. The Morgan fingerprint density at radius 1 is 1.50 bits per heavy atom. The second-order valence-electron chi connectivity index (χ2n) is 2.74. The molecular weight excluding hydrogens is 217 g/mol. The number of nitrogens with two attached hydrogens (primary N) is 1. The van der Waals surface area contributed by atoms with E-state index >= 15 is 0 Å². The van der Waals surface area contributed by atoms with Gasteiger partial charge in [0.1, 0.15) is 0 Å². The minimum absolute atomic E-state index is 0.0295. The normalized spacial score (nSPS) is 11.8. The quantitative estimate of drug-likeness (QED) is 0.801. The van der Waals surface area contributed by atoms with Crippen LogP contribution < -0.4 is 5.73 Å². The number of hydrogen-bond acceptors (Lipinski definition) is 2. The van der Waals surface area contributed by atoms with Crippen LogP contribution in [0.15, 0.2) is 12.3 Å². The summed E-state index contributed by atoms with van der Waals surface area (Å²) in [7, 11) is 0. The van der Waals surface area contributed by atoms with Gasteiger partial charge < -0.3 is 5.73 Å². The topological polar surface area (TPSA) is 38.9 Å². The van der Waals surface area contributed by atoms with E-state index in [1.807, 2.05) is 0 Å². The lowest BCUT2D eigenvalue weighted by Crippen LogP contribution is -2.20. The lowest BCUT2D eigenvalue weighted by molar-refractivity contribution is -0.0148. The molecule has 0 unspecified atom stereocenters. The first-order valence-corrected chi connectivity index (χ1v) is 4.24. The Kier molecular flexibility index (Phi) is 3.34. The molecular formula is C8H8ClF3N2. The van der Waals surface area contributed by atoms with Gasteiger partial charge in [0, 0.05) is 12.6 Å². The minimum atomic E-state index is -3.32. The van der Waals surface area contributed by atoms with Gasteiger partial charge in [0.2, 0.25) is 5.95 Å². The van der Waals surface area contributed by atoms with E-state index in [9.17, 15) is 13.2 Å². The van der Waals surface area contributed by atoms with Crippen LogP contribution in [0.1, 0.15) is 12.0 Å². The summed E-state index contributed by atoms with van der Waals surface area (Å²) < 4.78 is 39.3. The van der Waals surface area contributed by atoms with E-state index in [2.05, 4.69) is 4.98 Å². The van der Waals surface area contributed by atoms with Crippen molar-refractivity contribution >= 4 is 11.6 Å². The summed E-state index contributed by atoms with van der Waals surface area (Å²) in [5, 5.41) is -0.0295. The number of hydrogen-bond donors (Lipinski definition) is 1. The molecule has 0 radical (unpaired) electrons. The molecule has 0 aromatic carbocycles. The fourth-order valence-corrected chi connectivity index (χ4v) is 1.15. The summed E-state index contributed by atoms with van der Waals surface area (Å²) in [6.07, 6.45) is 0.338. The summed E-state index contributed by atoms with van der Waals surface area (Å²) in [5.74, 6) is -4.54. The molecule has 1 aromatic heterocycles. The van der Waals surface area contributed by atoms with E-state index in [0.29, 0.717) is 0 Å². The van der Waals surface area contributed by atoms with Gasteiger partial charge in [-0.2, -0.15) is 4.39 Å². The van der Waals surface area contributed by atoms with Gasteiger partial charge in [-0.05, 0) is 12.6 Å². The van der Waals surface area contributed by atoms with Crippen molar-refractivity contribution in [1.82, 2.24) is 4.98 Å². The van der Waals surface area contributed by atoms with Crippen LogP contribution in [0.3, 0.4) is 0 Å². The van der Waals surface area contributed by atoms with Crippen molar-refractivity contribution in [1.29, 1.82) is 0 Å². The van der Waals surface area contributed by atoms with E-state index in [1.54, 1.807) is 0 Å². The highest BCUT2D eigenvalue weighted by molar-refractivity contribution is 6.30. The number of rotatable bonds is 3. The van der Waals surface area contributed by atoms with Crippen LogP contribution in [0.5, 0.6) is 0 Å². The van der Waals surface area contributed by atoms with E-state index in [1.165, 1.54) is 0 Å². The van der Waals surface area contributed by atoms with E-state index in [0.717, 1.165) is 12.3 Å². The number of pyridine rings is 1. The average molecular weight is 225 g/mol. The molecule has 1 rings (SSSR count). The zero-order valence-corrected chi connectivity index (χ0v) is 7.86. The fraction of sp³-hybridized carbons (Fsp3) is 0.375. The highest BCUT2D eigenvalue weighted by Gasteiger charge is 2.34. The Balaban J connectivity index is 3.10. The van der Waals surface area contributed by atoms with Gasteiger partial charge in [-0.1, -0.05) is 11.6 Å². The molecule has 0 fully saturated rings. The number of halogens is 4. The number of aromatic nitrogens is 1. The predicted octanol–water partition coefficient (Wildman–Crippen LogP) is 2.31. The second kappa shape index (κ2) is 4.14. The summed E-state index contributed by atoms with van der Waals surface area (Å²) in [5.41, 5.74) is 4.17. The van der Waals surface area contributed by atoms with Crippen molar-refractivity contribution in [3.63, 3.8) is 0 Å². The van der Waals surface area contributed by atoms with Crippen LogP contribution in [-0.4, -0.2) is 11.5 Å². The molecule has 78 valence electrons. The number of nitrogens with zero attached hydrogens (tertiary/aromatic N) is 1. The van der Waals surface area contributed by atoms with Crippen LogP contribution in [-0.2, 0) is 5.92 Å². The Bertz CT molecular complexity index is 330. The molecule has 1 aromatic rings. The summed E-state index contributed by atoms with van der Waals surface area (Å²) in [6.45, 7) is -0.237. The van der Waals surface area contributed by atoms with Crippen molar-refractivity contribution in [3.8, 4) is 0 Å². The third-order valence-electron chi connectivity index (χ3n) is 1.66. The van der Waals surface area contributed by atoms with Gasteiger partial charge in [0.15, 0.2) is 0 Å². The second-order valence-corrected chi connectivity index (χ2v) is 3.17. The molecule has 2 N–H and O–H groups in total. The van der Waals surface area contributed by atoms with Gasteiger partial charge in [0.05, 0.1) is 10.6 Å². The largest absolute Gasteiger partial charge is 0.330 e. The fourth-order valence-electron chi connectivity index (χ4n) is 0.995. The van der Waals surface area contributed by atoms with Crippen molar-refractivity contribution in [2.24, 2.45) is 5.73 Å². The first-order chi connectivity index (χ1) is 6.47. The van der Waals surface area contributed by atoms with E-state index < -0.39 is 23.9 Å². The molecule has 0 aliphatic heterocycles. The third kappa shape index (κ3) is 2.36. The van der Waals surface area contributed by atoms with Crippen LogP contribution in [0, 0.1) is 5.95 Å². The minimum Gasteiger partial charge on any atom is -0.330 e. The van der Waals surface area contributed by atoms with Gasteiger partial charge in [-0.25, -0.2) is 13.8 Å². The SMILES string of the molecule is NCCC(F)(F)c1cc(Cl)cnc1F. The summed E-state index contributed by atoms with van der Waals surface area (Å²) in [6, 6.07) is 0.861. The number of alkyl halides is 2. The maximum Gasteiger partial charge on any atom is 0.278 e. The van der Waals surface area contributed by atoms with Crippen molar-refractivity contribution < 1.29 is 13.2 Å². The Labute approximate surface area is 83.9 Å². The zero-order valence-electron chi connectivity index (χ0n) is 7.11. The van der Waals surface area contributed by atoms with Crippen LogP contribution >= 0.6 is 11.6 Å². The molecule has 0 atom stereocenters. The van der Waals surface area contributed by atoms with Crippen LogP contribution in [0.4, 0.5) is 13.2 Å². The smallest absolute Gasteiger partial charge is 0.278 e. The van der Waals surface area contributed by atoms with E-state index in [-0.39, 0.29) is 11.6 Å². The molecule has 6 heteroatoms.